The average Bonchev–Trinajstić information content (AvgIpc) is 3.04. The van der Waals surface area contributed by atoms with Gasteiger partial charge in [0.15, 0.2) is 0 Å². The van der Waals surface area contributed by atoms with Crippen molar-refractivity contribution in [3.05, 3.63) is 82.7 Å². The molecule has 1 heterocycles. The van der Waals surface area contributed by atoms with Gasteiger partial charge < -0.3 is 15.4 Å². The molecule has 0 atom stereocenters. The lowest BCUT2D eigenvalue weighted by Gasteiger charge is -2.09. The van der Waals surface area contributed by atoms with Crippen LogP contribution in [0.3, 0.4) is 0 Å². The number of ether oxygens (including phenoxy) is 1. The molecule has 0 aliphatic rings. The van der Waals surface area contributed by atoms with Gasteiger partial charge in [0.1, 0.15) is 5.75 Å². The largest absolute Gasteiger partial charge is 0.497 e. The van der Waals surface area contributed by atoms with Crippen LogP contribution in [0.5, 0.6) is 5.75 Å². The van der Waals surface area contributed by atoms with Gasteiger partial charge in [-0.05, 0) is 43.7 Å². The number of aryl methyl sites for hydroxylation is 1. The molecule has 3 aromatic rings. The van der Waals surface area contributed by atoms with Gasteiger partial charge in [-0.3, -0.25) is 14.3 Å². The first kappa shape index (κ1) is 21.1. The van der Waals surface area contributed by atoms with Crippen molar-refractivity contribution in [2.45, 2.75) is 20.4 Å². The van der Waals surface area contributed by atoms with E-state index in [1.165, 1.54) is 0 Å². The average molecular weight is 406 g/mol. The number of carbonyl (C=O) groups excluding carboxylic acids is 2. The Balaban J connectivity index is 1.52. The second kappa shape index (κ2) is 9.73. The van der Waals surface area contributed by atoms with Gasteiger partial charge in [0.25, 0.3) is 11.8 Å². The third-order valence-corrected chi connectivity index (χ3v) is 4.83. The molecule has 0 spiro atoms. The number of rotatable bonds is 8. The monoisotopic (exact) mass is 406 g/mol. The van der Waals surface area contributed by atoms with Crippen LogP contribution < -0.4 is 15.4 Å². The summed E-state index contributed by atoms with van der Waals surface area (Å²) in [6.45, 7) is 4.98. The third kappa shape index (κ3) is 5.05. The molecular weight excluding hydrogens is 380 g/mol. The lowest BCUT2D eigenvalue weighted by molar-refractivity contribution is 0.0927. The van der Waals surface area contributed by atoms with Crippen molar-refractivity contribution < 1.29 is 14.3 Å². The molecule has 2 amide bonds. The van der Waals surface area contributed by atoms with Crippen LogP contribution >= 0.6 is 0 Å². The summed E-state index contributed by atoms with van der Waals surface area (Å²) in [6.07, 6.45) is 0. The van der Waals surface area contributed by atoms with E-state index in [2.05, 4.69) is 15.7 Å². The van der Waals surface area contributed by atoms with Crippen molar-refractivity contribution >= 4 is 11.8 Å². The third-order valence-electron chi connectivity index (χ3n) is 4.83. The molecule has 156 valence electrons. The van der Waals surface area contributed by atoms with Crippen molar-refractivity contribution in [1.82, 2.24) is 20.4 Å². The number of carbonyl (C=O) groups is 2. The van der Waals surface area contributed by atoms with E-state index in [0.29, 0.717) is 42.2 Å². The molecule has 7 heteroatoms. The molecule has 0 fully saturated rings. The van der Waals surface area contributed by atoms with Crippen LogP contribution in [0.25, 0.3) is 0 Å². The van der Waals surface area contributed by atoms with Gasteiger partial charge >= 0.3 is 0 Å². The molecule has 0 radical (unpaired) electrons. The van der Waals surface area contributed by atoms with E-state index in [1.807, 2.05) is 48.9 Å². The maximum Gasteiger partial charge on any atom is 0.255 e. The highest BCUT2D eigenvalue weighted by atomic mass is 16.5. The molecular formula is C23H26N4O3. The summed E-state index contributed by atoms with van der Waals surface area (Å²) in [5.74, 6) is 0.301. The standard InChI is InChI=1S/C23H26N4O3/c1-16-21(17(2)27(26-16)15-18-7-5-4-6-8-18)23(29)25-14-13-24-22(28)19-9-11-20(30-3)12-10-19/h4-12H,13-15H2,1-3H3,(H,24,28)(H,25,29). The van der Waals surface area contributed by atoms with Crippen LogP contribution in [-0.4, -0.2) is 41.8 Å². The van der Waals surface area contributed by atoms with Crippen molar-refractivity contribution in [3.8, 4) is 5.75 Å². The Morgan fingerprint density at radius 1 is 0.933 bits per heavy atom. The summed E-state index contributed by atoms with van der Waals surface area (Å²) in [5, 5.41) is 10.2. The summed E-state index contributed by atoms with van der Waals surface area (Å²) in [7, 11) is 1.58. The highest BCUT2D eigenvalue weighted by Crippen LogP contribution is 2.15. The fraction of sp³-hybridized carbons (Fsp3) is 0.261. The fourth-order valence-corrected chi connectivity index (χ4v) is 3.22. The highest BCUT2D eigenvalue weighted by Gasteiger charge is 2.18. The van der Waals surface area contributed by atoms with Crippen LogP contribution in [0.4, 0.5) is 0 Å². The summed E-state index contributed by atoms with van der Waals surface area (Å²) in [4.78, 5) is 24.8. The van der Waals surface area contributed by atoms with Crippen LogP contribution in [-0.2, 0) is 6.54 Å². The Hall–Kier alpha value is -3.61. The Morgan fingerprint density at radius 2 is 1.57 bits per heavy atom. The molecule has 0 saturated carbocycles. The van der Waals surface area contributed by atoms with E-state index >= 15 is 0 Å². The van der Waals surface area contributed by atoms with Gasteiger partial charge in [0.05, 0.1) is 24.9 Å². The van der Waals surface area contributed by atoms with E-state index in [9.17, 15) is 9.59 Å². The quantitative estimate of drug-likeness (QED) is 0.564. The Kier molecular flexibility index (Phi) is 6.85. The van der Waals surface area contributed by atoms with E-state index in [-0.39, 0.29) is 11.8 Å². The number of benzene rings is 2. The number of amides is 2. The lowest BCUT2D eigenvalue weighted by Crippen LogP contribution is -2.35. The maximum atomic E-state index is 12.6. The first-order valence-electron chi connectivity index (χ1n) is 9.78. The van der Waals surface area contributed by atoms with Gasteiger partial charge in [-0.2, -0.15) is 5.10 Å². The lowest BCUT2D eigenvalue weighted by atomic mass is 10.1. The highest BCUT2D eigenvalue weighted by molar-refractivity contribution is 5.96. The Bertz CT molecular complexity index is 1010. The van der Waals surface area contributed by atoms with Gasteiger partial charge in [-0.25, -0.2) is 0 Å². The zero-order valence-corrected chi connectivity index (χ0v) is 17.4. The van der Waals surface area contributed by atoms with Crippen LogP contribution in [0, 0.1) is 13.8 Å². The Morgan fingerprint density at radius 3 is 2.20 bits per heavy atom. The zero-order chi connectivity index (χ0) is 21.5. The van der Waals surface area contributed by atoms with Crippen LogP contribution in [0.1, 0.15) is 37.7 Å². The second-order valence-corrected chi connectivity index (χ2v) is 6.93. The van der Waals surface area contributed by atoms with Crippen molar-refractivity contribution in [1.29, 1.82) is 0 Å². The fourth-order valence-electron chi connectivity index (χ4n) is 3.22. The number of methoxy groups -OCH3 is 1. The maximum absolute atomic E-state index is 12.6. The van der Waals surface area contributed by atoms with E-state index in [1.54, 1.807) is 31.4 Å². The van der Waals surface area contributed by atoms with Crippen molar-refractivity contribution in [2.75, 3.05) is 20.2 Å². The summed E-state index contributed by atoms with van der Waals surface area (Å²) in [6, 6.07) is 16.8. The summed E-state index contributed by atoms with van der Waals surface area (Å²) < 4.78 is 6.92. The van der Waals surface area contributed by atoms with E-state index in [0.717, 1.165) is 11.3 Å². The Labute approximate surface area is 176 Å². The number of nitrogens with one attached hydrogen (secondary N) is 2. The van der Waals surface area contributed by atoms with Crippen molar-refractivity contribution in [2.24, 2.45) is 0 Å². The minimum absolute atomic E-state index is 0.192. The molecule has 7 nitrogen and oxygen atoms in total. The molecule has 2 aromatic carbocycles. The van der Waals surface area contributed by atoms with Crippen molar-refractivity contribution in [3.63, 3.8) is 0 Å². The smallest absolute Gasteiger partial charge is 0.255 e. The number of hydrogen-bond acceptors (Lipinski definition) is 4. The molecule has 30 heavy (non-hydrogen) atoms. The topological polar surface area (TPSA) is 85.2 Å². The minimum Gasteiger partial charge on any atom is -0.497 e. The second-order valence-electron chi connectivity index (χ2n) is 6.93. The number of nitrogens with zero attached hydrogens (tertiary/aromatic N) is 2. The molecule has 0 unspecified atom stereocenters. The molecule has 0 bridgehead atoms. The zero-order valence-electron chi connectivity index (χ0n) is 17.4. The molecule has 2 N–H and O–H groups in total. The van der Waals surface area contributed by atoms with Gasteiger partial charge in [-0.1, -0.05) is 30.3 Å². The normalized spacial score (nSPS) is 10.5. The minimum atomic E-state index is -0.199. The van der Waals surface area contributed by atoms with Crippen LogP contribution in [0.2, 0.25) is 0 Å². The van der Waals surface area contributed by atoms with E-state index in [4.69, 9.17) is 4.74 Å². The summed E-state index contributed by atoms with van der Waals surface area (Å²) in [5.41, 5.74) is 3.74. The molecule has 0 saturated heterocycles. The molecule has 3 rings (SSSR count). The predicted octanol–water partition coefficient (Wildman–Crippen LogP) is 2.72. The summed E-state index contributed by atoms with van der Waals surface area (Å²) >= 11 is 0. The molecule has 1 aromatic heterocycles. The van der Waals surface area contributed by atoms with Gasteiger partial charge in [0, 0.05) is 24.3 Å². The number of hydrogen-bond donors (Lipinski definition) is 2. The molecule has 0 aliphatic carbocycles. The first-order valence-corrected chi connectivity index (χ1v) is 9.78. The number of aromatic nitrogens is 2. The molecule has 0 aliphatic heterocycles. The van der Waals surface area contributed by atoms with E-state index < -0.39 is 0 Å². The predicted molar refractivity (Wildman–Crippen MR) is 115 cm³/mol. The van der Waals surface area contributed by atoms with Crippen LogP contribution in [0.15, 0.2) is 54.6 Å². The first-order chi connectivity index (χ1) is 14.5. The SMILES string of the molecule is COc1ccc(C(=O)NCCNC(=O)c2c(C)nn(Cc3ccccc3)c2C)cc1. The van der Waals surface area contributed by atoms with Gasteiger partial charge in [0.2, 0.25) is 0 Å². The van der Waals surface area contributed by atoms with Gasteiger partial charge in [-0.15, -0.1) is 0 Å².